The van der Waals surface area contributed by atoms with Gasteiger partial charge < -0.3 is 19.1 Å². The van der Waals surface area contributed by atoms with Gasteiger partial charge in [-0.05, 0) is 32.9 Å². The number of esters is 1. The zero-order valence-corrected chi connectivity index (χ0v) is 13.9. The minimum Gasteiger partial charge on any atom is -0.479 e. The van der Waals surface area contributed by atoms with Crippen molar-refractivity contribution in [3.05, 3.63) is 17.3 Å². The summed E-state index contributed by atoms with van der Waals surface area (Å²) in [7, 11) is 0. The molecule has 2 rings (SSSR count). The molecule has 0 bridgehead atoms. The molecule has 0 spiro atoms. The first-order chi connectivity index (χ1) is 10.3. The smallest absolute Gasteiger partial charge is 0.344 e. The molecule has 1 aliphatic heterocycles. The Hall–Kier alpha value is -1.53. The van der Waals surface area contributed by atoms with Gasteiger partial charge in [0.25, 0.3) is 0 Å². The first-order valence-electron chi connectivity index (χ1n) is 7.19. The molecule has 2 heterocycles. The third-order valence-corrected chi connectivity index (χ3v) is 3.17. The summed E-state index contributed by atoms with van der Waals surface area (Å²) in [5.41, 5.74) is -0.539. The van der Waals surface area contributed by atoms with Crippen LogP contribution in [0.2, 0.25) is 5.15 Å². The van der Waals surface area contributed by atoms with E-state index in [0.29, 0.717) is 19.0 Å². The number of ether oxygens (including phenoxy) is 3. The second kappa shape index (κ2) is 7.15. The number of carbonyl (C=O) groups is 1. The minimum atomic E-state index is -0.539. The molecule has 1 aliphatic rings. The van der Waals surface area contributed by atoms with E-state index in [1.807, 2.05) is 6.07 Å². The summed E-state index contributed by atoms with van der Waals surface area (Å²) < 4.78 is 15.8. The Bertz CT molecular complexity index is 525. The molecular weight excluding hydrogens is 308 g/mol. The Kier molecular flexibility index (Phi) is 5.47. The Labute approximate surface area is 135 Å². The Morgan fingerprint density at radius 2 is 2.05 bits per heavy atom. The van der Waals surface area contributed by atoms with Gasteiger partial charge in [-0.15, -0.1) is 0 Å². The van der Waals surface area contributed by atoms with Gasteiger partial charge in [-0.25, -0.2) is 9.78 Å². The number of halogens is 1. The van der Waals surface area contributed by atoms with E-state index in [0.717, 1.165) is 18.9 Å². The maximum Gasteiger partial charge on any atom is 0.344 e. The third kappa shape index (κ3) is 5.03. The number of aromatic nitrogens is 1. The van der Waals surface area contributed by atoms with Gasteiger partial charge in [0.2, 0.25) is 0 Å². The number of hydrogen-bond donors (Lipinski definition) is 0. The van der Waals surface area contributed by atoms with Crippen LogP contribution in [0.5, 0.6) is 5.75 Å². The normalized spacial score (nSPS) is 15.5. The highest BCUT2D eigenvalue weighted by Gasteiger charge is 2.18. The zero-order chi connectivity index (χ0) is 16.2. The molecule has 0 aromatic carbocycles. The molecule has 1 aromatic rings. The Morgan fingerprint density at radius 1 is 1.36 bits per heavy atom. The van der Waals surface area contributed by atoms with Gasteiger partial charge in [0.1, 0.15) is 11.4 Å². The average molecular weight is 329 g/mol. The first kappa shape index (κ1) is 16.8. The van der Waals surface area contributed by atoms with Gasteiger partial charge in [-0.2, -0.15) is 0 Å². The number of hydrogen-bond acceptors (Lipinski definition) is 6. The predicted octanol–water partition coefficient (Wildman–Crippen LogP) is 2.29. The van der Waals surface area contributed by atoms with E-state index in [-0.39, 0.29) is 11.8 Å². The van der Waals surface area contributed by atoms with Gasteiger partial charge in [-0.1, -0.05) is 11.6 Å². The summed E-state index contributed by atoms with van der Waals surface area (Å²) in [4.78, 5) is 18.0. The van der Waals surface area contributed by atoms with Gasteiger partial charge in [0, 0.05) is 13.1 Å². The standard InChI is InChI=1S/C15H21ClN2O4/c1-15(2,3)22-13(19)10-21-11-4-5-12(17-14(11)16)18-6-8-20-9-7-18/h4-5H,6-10H2,1-3H3. The molecule has 1 fully saturated rings. The lowest BCUT2D eigenvalue weighted by molar-refractivity contribution is -0.157. The summed E-state index contributed by atoms with van der Waals surface area (Å²) in [6, 6.07) is 3.53. The maximum absolute atomic E-state index is 11.6. The summed E-state index contributed by atoms with van der Waals surface area (Å²) in [5, 5.41) is 0.229. The quantitative estimate of drug-likeness (QED) is 0.624. The number of carbonyl (C=O) groups excluding carboxylic acids is 1. The highest BCUT2D eigenvalue weighted by Crippen LogP contribution is 2.26. The van der Waals surface area contributed by atoms with E-state index in [1.54, 1.807) is 26.8 Å². The number of rotatable bonds is 4. The van der Waals surface area contributed by atoms with E-state index in [1.165, 1.54) is 0 Å². The molecule has 0 N–H and O–H groups in total. The van der Waals surface area contributed by atoms with Crippen LogP contribution in [0.1, 0.15) is 20.8 Å². The number of pyridine rings is 1. The molecule has 1 saturated heterocycles. The second-order valence-corrected chi connectivity index (χ2v) is 6.29. The molecule has 0 atom stereocenters. The van der Waals surface area contributed by atoms with Crippen LogP contribution in [0.15, 0.2) is 12.1 Å². The lowest BCUT2D eigenvalue weighted by Crippen LogP contribution is -2.36. The topological polar surface area (TPSA) is 60.9 Å². The van der Waals surface area contributed by atoms with Crippen LogP contribution in [0.25, 0.3) is 0 Å². The molecule has 22 heavy (non-hydrogen) atoms. The SMILES string of the molecule is CC(C)(C)OC(=O)COc1ccc(N2CCOCC2)nc1Cl. The van der Waals surface area contributed by atoms with Crippen molar-refractivity contribution in [2.75, 3.05) is 37.8 Å². The molecule has 0 radical (unpaired) electrons. The summed E-state index contributed by atoms with van der Waals surface area (Å²) in [6.07, 6.45) is 0. The van der Waals surface area contributed by atoms with Crippen molar-refractivity contribution in [3.63, 3.8) is 0 Å². The number of morpholine rings is 1. The lowest BCUT2D eigenvalue weighted by Gasteiger charge is -2.28. The van der Waals surface area contributed by atoms with Crippen molar-refractivity contribution < 1.29 is 19.0 Å². The minimum absolute atomic E-state index is 0.199. The third-order valence-electron chi connectivity index (χ3n) is 2.90. The molecule has 7 heteroatoms. The first-order valence-corrected chi connectivity index (χ1v) is 7.57. The monoisotopic (exact) mass is 328 g/mol. The fraction of sp³-hybridized carbons (Fsp3) is 0.600. The largest absolute Gasteiger partial charge is 0.479 e. The number of nitrogens with zero attached hydrogens (tertiary/aromatic N) is 2. The zero-order valence-electron chi connectivity index (χ0n) is 13.1. The maximum atomic E-state index is 11.6. The van der Waals surface area contributed by atoms with Gasteiger partial charge in [0.15, 0.2) is 17.5 Å². The lowest BCUT2D eigenvalue weighted by atomic mass is 10.2. The van der Waals surface area contributed by atoms with Crippen molar-refractivity contribution in [1.29, 1.82) is 0 Å². The number of anilines is 1. The van der Waals surface area contributed by atoms with Gasteiger partial charge in [-0.3, -0.25) is 0 Å². The fourth-order valence-electron chi connectivity index (χ4n) is 2.00. The summed E-state index contributed by atoms with van der Waals surface area (Å²) in [5.74, 6) is 0.697. The summed E-state index contributed by atoms with van der Waals surface area (Å²) in [6.45, 7) is 8.12. The van der Waals surface area contributed by atoms with Crippen LogP contribution in [0, 0.1) is 0 Å². The van der Waals surface area contributed by atoms with Crippen LogP contribution in [0.4, 0.5) is 5.82 Å². The molecule has 0 unspecified atom stereocenters. The van der Waals surface area contributed by atoms with E-state index >= 15 is 0 Å². The van der Waals surface area contributed by atoms with Gasteiger partial charge in [0.05, 0.1) is 13.2 Å². The van der Waals surface area contributed by atoms with Crippen LogP contribution >= 0.6 is 11.6 Å². The van der Waals surface area contributed by atoms with Crippen LogP contribution < -0.4 is 9.64 Å². The molecule has 122 valence electrons. The summed E-state index contributed by atoms with van der Waals surface area (Å²) >= 11 is 6.12. The van der Waals surface area contributed by atoms with E-state index < -0.39 is 11.6 Å². The molecule has 0 amide bonds. The van der Waals surface area contributed by atoms with E-state index in [4.69, 9.17) is 25.8 Å². The molecule has 1 aromatic heterocycles. The predicted molar refractivity (Wildman–Crippen MR) is 83.6 cm³/mol. The Morgan fingerprint density at radius 3 is 2.64 bits per heavy atom. The van der Waals surface area contributed by atoms with Crippen LogP contribution in [0.3, 0.4) is 0 Å². The van der Waals surface area contributed by atoms with Crippen molar-refractivity contribution in [2.45, 2.75) is 26.4 Å². The van der Waals surface area contributed by atoms with Crippen molar-refractivity contribution in [2.24, 2.45) is 0 Å². The van der Waals surface area contributed by atoms with Crippen LogP contribution in [-0.2, 0) is 14.3 Å². The van der Waals surface area contributed by atoms with E-state index in [9.17, 15) is 4.79 Å². The highest BCUT2D eigenvalue weighted by atomic mass is 35.5. The van der Waals surface area contributed by atoms with Crippen LogP contribution in [-0.4, -0.2) is 49.5 Å². The Balaban J connectivity index is 1.93. The van der Waals surface area contributed by atoms with Crippen molar-refractivity contribution >= 4 is 23.4 Å². The fourth-order valence-corrected chi connectivity index (χ4v) is 2.20. The van der Waals surface area contributed by atoms with E-state index in [2.05, 4.69) is 9.88 Å². The molecular formula is C15H21ClN2O4. The molecule has 0 saturated carbocycles. The van der Waals surface area contributed by atoms with Gasteiger partial charge >= 0.3 is 5.97 Å². The second-order valence-electron chi connectivity index (χ2n) is 5.93. The molecule has 6 nitrogen and oxygen atoms in total. The highest BCUT2D eigenvalue weighted by molar-refractivity contribution is 6.31. The molecule has 0 aliphatic carbocycles. The van der Waals surface area contributed by atoms with Crippen molar-refractivity contribution in [1.82, 2.24) is 4.98 Å². The average Bonchev–Trinajstić information content (AvgIpc) is 2.45. The van der Waals surface area contributed by atoms with Crippen molar-refractivity contribution in [3.8, 4) is 5.75 Å².